The molecule has 0 saturated heterocycles. The molecule has 4 nitrogen and oxygen atoms in total. The summed E-state index contributed by atoms with van der Waals surface area (Å²) in [5.74, 6) is -0.754. The van der Waals surface area contributed by atoms with Crippen molar-refractivity contribution in [3.05, 3.63) is 59.7 Å². The number of amides is 2. The topological polar surface area (TPSA) is 72.2 Å². The summed E-state index contributed by atoms with van der Waals surface area (Å²) in [6.45, 7) is 2.22. The number of benzene rings is 2. The molecule has 0 spiro atoms. The molecule has 1 atom stereocenters. The lowest BCUT2D eigenvalue weighted by atomic mass is 10.00. The van der Waals surface area contributed by atoms with Crippen molar-refractivity contribution in [1.29, 1.82) is 0 Å². The van der Waals surface area contributed by atoms with Crippen LogP contribution < -0.4 is 11.1 Å². The van der Waals surface area contributed by atoms with E-state index in [9.17, 15) is 9.59 Å². The minimum absolute atomic E-state index is 0.171. The normalized spacial score (nSPS) is 11.8. The smallest absolute Gasteiger partial charge is 0.251 e. The summed E-state index contributed by atoms with van der Waals surface area (Å²) in [5, 5.41) is 2.59. The number of carbonyl (C=O) groups is 2. The standard InChI is InChI=1S/C22H28N2O2S/c1-2-3-4-5-6-16-7-9-17(10-8-16)18-11-13-19(14-12-18)22(26)24-20(15-27)21(23)25/h7-14,20,27H,2-6,15H2,1H3,(H2,23,25)(H,24,26)/t20-/m0/s1. The van der Waals surface area contributed by atoms with E-state index in [4.69, 9.17) is 5.73 Å². The molecule has 0 aliphatic heterocycles. The van der Waals surface area contributed by atoms with Crippen LogP contribution in [0, 0.1) is 0 Å². The number of hydrogen-bond acceptors (Lipinski definition) is 3. The molecule has 0 aliphatic carbocycles. The van der Waals surface area contributed by atoms with Crippen molar-refractivity contribution in [2.75, 3.05) is 5.75 Å². The first-order valence-corrected chi connectivity index (χ1v) is 10.1. The van der Waals surface area contributed by atoms with Crippen LogP contribution in [-0.2, 0) is 11.2 Å². The number of primary amides is 1. The second-order valence-corrected chi connectivity index (χ2v) is 7.06. The van der Waals surface area contributed by atoms with Gasteiger partial charge in [-0.05, 0) is 41.7 Å². The van der Waals surface area contributed by atoms with Gasteiger partial charge in [0.25, 0.3) is 5.91 Å². The fourth-order valence-corrected chi connectivity index (χ4v) is 3.15. The Labute approximate surface area is 167 Å². The van der Waals surface area contributed by atoms with Crippen molar-refractivity contribution in [3.63, 3.8) is 0 Å². The molecule has 2 aromatic carbocycles. The molecule has 0 fully saturated rings. The van der Waals surface area contributed by atoms with E-state index in [1.807, 2.05) is 12.1 Å². The average molecular weight is 385 g/mol. The SMILES string of the molecule is CCCCCCc1ccc(-c2ccc(C(=O)N[C@@H](CS)C(N)=O)cc2)cc1. The molecule has 0 saturated carbocycles. The lowest BCUT2D eigenvalue weighted by Gasteiger charge is -2.13. The molecule has 0 aromatic heterocycles. The Balaban J connectivity index is 1.98. The van der Waals surface area contributed by atoms with Crippen LogP contribution in [0.4, 0.5) is 0 Å². The van der Waals surface area contributed by atoms with Gasteiger partial charge in [-0.3, -0.25) is 9.59 Å². The van der Waals surface area contributed by atoms with Gasteiger partial charge < -0.3 is 11.1 Å². The quantitative estimate of drug-likeness (QED) is 0.428. The van der Waals surface area contributed by atoms with Crippen molar-refractivity contribution < 1.29 is 9.59 Å². The van der Waals surface area contributed by atoms with E-state index in [2.05, 4.69) is 49.1 Å². The van der Waals surface area contributed by atoms with Crippen LogP contribution in [0.25, 0.3) is 11.1 Å². The molecule has 0 radical (unpaired) electrons. The minimum atomic E-state index is -0.773. The van der Waals surface area contributed by atoms with Crippen molar-refractivity contribution in [2.24, 2.45) is 5.73 Å². The van der Waals surface area contributed by atoms with E-state index < -0.39 is 11.9 Å². The first-order valence-electron chi connectivity index (χ1n) is 9.45. The zero-order valence-electron chi connectivity index (χ0n) is 15.8. The third-order valence-electron chi connectivity index (χ3n) is 4.58. The zero-order chi connectivity index (χ0) is 19.6. The van der Waals surface area contributed by atoms with Crippen LogP contribution in [0.1, 0.15) is 48.5 Å². The van der Waals surface area contributed by atoms with Gasteiger partial charge in [-0.25, -0.2) is 0 Å². The van der Waals surface area contributed by atoms with Gasteiger partial charge in [-0.15, -0.1) is 0 Å². The number of unbranched alkanes of at least 4 members (excludes halogenated alkanes) is 3. The Kier molecular flexibility index (Phi) is 8.40. The van der Waals surface area contributed by atoms with E-state index in [0.717, 1.165) is 17.5 Å². The van der Waals surface area contributed by atoms with Crippen LogP contribution in [0.3, 0.4) is 0 Å². The maximum Gasteiger partial charge on any atom is 0.251 e. The second kappa shape index (κ2) is 10.8. The van der Waals surface area contributed by atoms with E-state index in [0.29, 0.717) is 5.56 Å². The molecule has 2 rings (SSSR count). The number of thiol groups is 1. The Morgan fingerprint density at radius 3 is 2.07 bits per heavy atom. The minimum Gasteiger partial charge on any atom is -0.368 e. The first kappa shape index (κ1) is 21.0. The fraction of sp³-hybridized carbons (Fsp3) is 0.364. The summed E-state index contributed by atoms with van der Waals surface area (Å²) < 4.78 is 0. The molecule has 0 aliphatic rings. The fourth-order valence-electron chi connectivity index (χ4n) is 2.88. The molecule has 0 unspecified atom stereocenters. The first-order chi connectivity index (χ1) is 13.0. The monoisotopic (exact) mass is 384 g/mol. The summed E-state index contributed by atoms with van der Waals surface area (Å²) in [7, 11) is 0. The Morgan fingerprint density at radius 2 is 1.56 bits per heavy atom. The maximum absolute atomic E-state index is 12.2. The van der Waals surface area contributed by atoms with Gasteiger partial charge in [0, 0.05) is 11.3 Å². The Bertz CT molecular complexity index is 742. The molecule has 0 heterocycles. The summed E-state index contributed by atoms with van der Waals surface area (Å²) in [6.07, 6.45) is 6.18. The Morgan fingerprint density at radius 1 is 0.963 bits per heavy atom. The molecule has 27 heavy (non-hydrogen) atoms. The van der Waals surface area contributed by atoms with E-state index >= 15 is 0 Å². The number of carbonyl (C=O) groups excluding carboxylic acids is 2. The highest BCUT2D eigenvalue weighted by Gasteiger charge is 2.17. The molecular weight excluding hydrogens is 356 g/mol. The lowest BCUT2D eigenvalue weighted by Crippen LogP contribution is -2.45. The second-order valence-electron chi connectivity index (χ2n) is 6.70. The molecule has 0 bridgehead atoms. The highest BCUT2D eigenvalue weighted by Crippen LogP contribution is 2.21. The number of hydrogen-bond donors (Lipinski definition) is 3. The lowest BCUT2D eigenvalue weighted by molar-refractivity contribution is -0.119. The van der Waals surface area contributed by atoms with Crippen LogP contribution in [0.2, 0.25) is 0 Å². The van der Waals surface area contributed by atoms with Gasteiger partial charge in [0.1, 0.15) is 6.04 Å². The zero-order valence-corrected chi connectivity index (χ0v) is 16.7. The van der Waals surface area contributed by atoms with Crippen molar-refractivity contribution >= 4 is 24.4 Å². The van der Waals surface area contributed by atoms with Crippen LogP contribution >= 0.6 is 12.6 Å². The number of nitrogens with two attached hydrogens (primary N) is 1. The molecule has 2 aromatic rings. The van der Waals surface area contributed by atoms with E-state index in [1.54, 1.807) is 12.1 Å². The van der Waals surface area contributed by atoms with E-state index in [-0.39, 0.29) is 11.7 Å². The van der Waals surface area contributed by atoms with Crippen molar-refractivity contribution in [1.82, 2.24) is 5.32 Å². The van der Waals surface area contributed by atoms with Gasteiger partial charge in [0.15, 0.2) is 0 Å². The molecule has 144 valence electrons. The third-order valence-corrected chi connectivity index (χ3v) is 4.95. The van der Waals surface area contributed by atoms with Gasteiger partial charge >= 0.3 is 0 Å². The molecule has 2 amide bonds. The Hall–Kier alpha value is -2.27. The predicted octanol–water partition coefficient (Wildman–Crippen LogP) is 3.99. The highest BCUT2D eigenvalue weighted by molar-refractivity contribution is 7.80. The summed E-state index contributed by atoms with van der Waals surface area (Å²) in [6, 6.07) is 15.1. The van der Waals surface area contributed by atoms with Crippen molar-refractivity contribution in [3.8, 4) is 11.1 Å². The van der Waals surface area contributed by atoms with Gasteiger partial charge in [-0.2, -0.15) is 12.6 Å². The van der Waals surface area contributed by atoms with Gasteiger partial charge in [0.2, 0.25) is 5.91 Å². The average Bonchev–Trinajstić information content (AvgIpc) is 2.69. The van der Waals surface area contributed by atoms with Gasteiger partial charge in [-0.1, -0.05) is 62.6 Å². The van der Waals surface area contributed by atoms with E-state index in [1.165, 1.54) is 31.2 Å². The van der Waals surface area contributed by atoms with Gasteiger partial charge in [0.05, 0.1) is 0 Å². The van der Waals surface area contributed by atoms with Crippen LogP contribution in [0.15, 0.2) is 48.5 Å². The third kappa shape index (κ3) is 6.43. The summed E-state index contributed by atoms with van der Waals surface area (Å²) in [5.41, 5.74) is 9.23. The van der Waals surface area contributed by atoms with Crippen LogP contribution in [-0.4, -0.2) is 23.6 Å². The van der Waals surface area contributed by atoms with Crippen molar-refractivity contribution in [2.45, 2.75) is 45.1 Å². The molecule has 5 heteroatoms. The summed E-state index contributed by atoms with van der Waals surface area (Å²) >= 11 is 4.03. The number of aryl methyl sites for hydroxylation is 1. The largest absolute Gasteiger partial charge is 0.368 e. The number of nitrogens with one attached hydrogen (secondary N) is 1. The molecule has 3 N–H and O–H groups in total. The van der Waals surface area contributed by atoms with Crippen LogP contribution in [0.5, 0.6) is 0 Å². The molecular formula is C22H28N2O2S. The highest BCUT2D eigenvalue weighted by atomic mass is 32.1. The predicted molar refractivity (Wildman–Crippen MR) is 114 cm³/mol. The maximum atomic E-state index is 12.2. The summed E-state index contributed by atoms with van der Waals surface area (Å²) in [4.78, 5) is 23.4. The number of rotatable bonds is 10.